The quantitative estimate of drug-likeness (QED) is 0.698. The number of carboxylic acids is 1. The van der Waals surface area contributed by atoms with Crippen LogP contribution in [0.4, 0.5) is 24.7 Å². The third-order valence-electron chi connectivity index (χ3n) is 3.75. The Morgan fingerprint density at radius 2 is 1.93 bits per heavy atom. The van der Waals surface area contributed by atoms with Gasteiger partial charge in [0.1, 0.15) is 5.82 Å². The first-order valence-corrected chi connectivity index (χ1v) is 8.06. The maximum atomic E-state index is 11.0. The number of nitrogens with two attached hydrogens (primary N) is 1. The maximum absolute atomic E-state index is 11.0. The summed E-state index contributed by atoms with van der Waals surface area (Å²) in [7, 11) is 2.09. The Morgan fingerprint density at radius 1 is 1.29 bits per heavy atom. The van der Waals surface area contributed by atoms with Crippen LogP contribution in [0.25, 0.3) is 11.3 Å². The molecule has 152 valence electrons. The molecule has 0 aromatic carbocycles. The minimum Gasteiger partial charge on any atom is -0.475 e. The summed E-state index contributed by atoms with van der Waals surface area (Å²) in [6, 6.07) is 3.70. The van der Waals surface area contributed by atoms with E-state index in [0.717, 1.165) is 30.9 Å². The number of hydrogen-bond donors (Lipinski definition) is 3. The molecule has 0 atom stereocenters. The molecule has 2 aromatic heterocycles. The fraction of sp³-hybridized carbons (Fsp3) is 0.375. The Bertz CT molecular complexity index is 881. The summed E-state index contributed by atoms with van der Waals surface area (Å²) in [4.78, 5) is 26.4. The van der Waals surface area contributed by atoms with E-state index in [0.29, 0.717) is 11.5 Å². The largest absolute Gasteiger partial charge is 0.490 e. The van der Waals surface area contributed by atoms with Crippen molar-refractivity contribution in [1.29, 1.82) is 0 Å². The maximum Gasteiger partial charge on any atom is 0.490 e. The van der Waals surface area contributed by atoms with Crippen molar-refractivity contribution in [2.75, 3.05) is 24.6 Å². The monoisotopic (exact) mass is 400 g/mol. The second kappa shape index (κ2) is 8.25. The molecule has 0 radical (unpaired) electrons. The molecule has 28 heavy (non-hydrogen) atoms. The lowest BCUT2D eigenvalue weighted by Crippen LogP contribution is -2.30. The molecule has 0 spiro atoms. The van der Waals surface area contributed by atoms with E-state index < -0.39 is 12.1 Å². The first kappa shape index (κ1) is 21.2. The summed E-state index contributed by atoms with van der Waals surface area (Å²) in [5.41, 5.74) is 9.39. The number of nitrogens with zero attached hydrogens (tertiary/aromatic N) is 4. The second-order valence-corrected chi connectivity index (χ2v) is 6.12. The summed E-state index contributed by atoms with van der Waals surface area (Å²) < 4.78 is 33.7. The summed E-state index contributed by atoms with van der Waals surface area (Å²) in [6.45, 7) is 4.18. The molecule has 3 rings (SSSR count). The number of aromatic nitrogens is 3. The number of fused-ring (bicyclic) bond motifs is 1. The Labute approximate surface area is 157 Å². The normalized spacial score (nSPS) is 13.9. The van der Waals surface area contributed by atoms with Crippen LogP contribution in [-0.2, 0) is 22.7 Å². The lowest BCUT2D eigenvalue weighted by atomic mass is 10.1. The van der Waals surface area contributed by atoms with Gasteiger partial charge in [0.15, 0.2) is 0 Å². The van der Waals surface area contributed by atoms with Gasteiger partial charge in [0, 0.05) is 43.5 Å². The Morgan fingerprint density at radius 3 is 2.46 bits per heavy atom. The van der Waals surface area contributed by atoms with Crippen LogP contribution in [0.3, 0.4) is 0 Å². The molecule has 3 heterocycles. The van der Waals surface area contributed by atoms with Crippen LogP contribution in [0.5, 0.6) is 0 Å². The van der Waals surface area contributed by atoms with E-state index in [9.17, 15) is 18.0 Å². The van der Waals surface area contributed by atoms with E-state index in [1.807, 2.05) is 10.7 Å². The first-order valence-electron chi connectivity index (χ1n) is 8.06. The van der Waals surface area contributed by atoms with E-state index in [-0.39, 0.29) is 5.91 Å². The SMILES string of the molecule is CC(=O)Nc1cc(N)c(-c2cc3n(n2)CCN(C)C3)cn1.O=C(O)C(F)(F)F. The van der Waals surface area contributed by atoms with Crippen LogP contribution in [0.1, 0.15) is 12.6 Å². The third-order valence-corrected chi connectivity index (χ3v) is 3.75. The molecule has 2 aromatic rings. The van der Waals surface area contributed by atoms with Crippen molar-refractivity contribution in [3.63, 3.8) is 0 Å². The molecule has 9 nitrogen and oxygen atoms in total. The molecule has 12 heteroatoms. The van der Waals surface area contributed by atoms with E-state index >= 15 is 0 Å². The smallest absolute Gasteiger partial charge is 0.475 e. The molecule has 4 N–H and O–H groups in total. The number of alkyl halides is 3. The standard InChI is InChI=1S/C14H18N6O.C2HF3O2/c1-9(21)17-14-6-12(15)11(7-16-14)13-5-10-8-19(2)3-4-20(10)18-13;3-2(4,5)1(6)7/h5-7H,3-4,8H2,1-2H3,(H3,15,16,17,21);(H,6,7). The lowest BCUT2D eigenvalue weighted by Gasteiger charge is -2.22. The average Bonchev–Trinajstić information content (AvgIpc) is 2.96. The van der Waals surface area contributed by atoms with Crippen LogP contribution in [0, 0.1) is 0 Å². The summed E-state index contributed by atoms with van der Waals surface area (Å²) in [6.07, 6.45) is -3.43. The number of aliphatic carboxylic acids is 1. The van der Waals surface area contributed by atoms with Gasteiger partial charge in [0.05, 0.1) is 17.9 Å². The molecule has 0 bridgehead atoms. The third kappa shape index (κ3) is 5.42. The highest BCUT2D eigenvalue weighted by Crippen LogP contribution is 2.27. The number of anilines is 2. The zero-order chi connectivity index (χ0) is 21.1. The van der Waals surface area contributed by atoms with Crippen molar-refractivity contribution in [1.82, 2.24) is 19.7 Å². The minimum absolute atomic E-state index is 0.171. The number of carboxylic acid groups (broad SMARTS) is 1. The number of halogens is 3. The van der Waals surface area contributed by atoms with Crippen molar-refractivity contribution in [2.24, 2.45) is 0 Å². The Kier molecular flexibility index (Phi) is 6.23. The van der Waals surface area contributed by atoms with Crippen molar-refractivity contribution in [2.45, 2.75) is 26.2 Å². The van der Waals surface area contributed by atoms with Gasteiger partial charge in [-0.25, -0.2) is 9.78 Å². The minimum atomic E-state index is -5.08. The molecule has 0 saturated heterocycles. The van der Waals surface area contributed by atoms with Gasteiger partial charge in [-0.1, -0.05) is 0 Å². The van der Waals surface area contributed by atoms with E-state index in [2.05, 4.69) is 27.3 Å². The zero-order valence-electron chi connectivity index (χ0n) is 15.1. The molecule has 0 aliphatic carbocycles. The predicted octanol–water partition coefficient (Wildman–Crippen LogP) is 1.56. The van der Waals surface area contributed by atoms with Gasteiger partial charge >= 0.3 is 12.1 Å². The van der Waals surface area contributed by atoms with Crippen molar-refractivity contribution < 1.29 is 27.9 Å². The van der Waals surface area contributed by atoms with Crippen molar-refractivity contribution in [3.05, 3.63) is 24.0 Å². The number of likely N-dealkylation sites (N-methyl/N-ethyl adjacent to an activating group) is 1. The number of carbonyl (C=O) groups is 2. The van der Waals surface area contributed by atoms with E-state index in [4.69, 9.17) is 15.6 Å². The Hall–Kier alpha value is -3.15. The molecule has 0 saturated carbocycles. The number of hydrogen-bond acceptors (Lipinski definition) is 6. The summed E-state index contributed by atoms with van der Waals surface area (Å²) in [5, 5.41) is 14.3. The molecule has 0 fully saturated rings. The second-order valence-electron chi connectivity index (χ2n) is 6.12. The van der Waals surface area contributed by atoms with Crippen LogP contribution in [0.15, 0.2) is 18.3 Å². The zero-order valence-corrected chi connectivity index (χ0v) is 15.1. The lowest BCUT2D eigenvalue weighted by molar-refractivity contribution is -0.192. The molecule has 1 aliphatic heterocycles. The number of amides is 1. The van der Waals surface area contributed by atoms with Gasteiger partial charge in [-0.15, -0.1) is 0 Å². The van der Waals surface area contributed by atoms with Gasteiger partial charge in [-0.2, -0.15) is 18.3 Å². The van der Waals surface area contributed by atoms with Crippen LogP contribution in [-0.4, -0.2) is 56.4 Å². The van der Waals surface area contributed by atoms with Gasteiger partial charge in [0.2, 0.25) is 5.91 Å². The highest BCUT2D eigenvalue weighted by Gasteiger charge is 2.38. The van der Waals surface area contributed by atoms with Crippen LogP contribution >= 0.6 is 0 Å². The van der Waals surface area contributed by atoms with Crippen molar-refractivity contribution in [3.8, 4) is 11.3 Å². The average molecular weight is 400 g/mol. The number of rotatable bonds is 2. The topological polar surface area (TPSA) is 126 Å². The van der Waals surface area contributed by atoms with Crippen LogP contribution < -0.4 is 11.1 Å². The fourth-order valence-corrected chi connectivity index (χ4v) is 2.46. The number of pyridine rings is 1. The number of carbonyl (C=O) groups excluding carboxylic acids is 1. The Balaban J connectivity index is 0.000000345. The molecule has 1 aliphatic rings. The number of nitrogen functional groups attached to an aromatic ring is 1. The molecule has 1 amide bonds. The van der Waals surface area contributed by atoms with Gasteiger partial charge in [0.25, 0.3) is 0 Å². The first-order chi connectivity index (χ1) is 13.0. The van der Waals surface area contributed by atoms with E-state index in [1.54, 1.807) is 12.3 Å². The van der Waals surface area contributed by atoms with Gasteiger partial charge in [-0.3, -0.25) is 14.4 Å². The summed E-state index contributed by atoms with van der Waals surface area (Å²) >= 11 is 0. The van der Waals surface area contributed by atoms with Crippen LogP contribution in [0.2, 0.25) is 0 Å². The number of nitrogens with one attached hydrogen (secondary N) is 1. The summed E-state index contributed by atoms with van der Waals surface area (Å²) in [5.74, 6) is -2.48. The van der Waals surface area contributed by atoms with Gasteiger partial charge < -0.3 is 16.2 Å². The van der Waals surface area contributed by atoms with Gasteiger partial charge in [-0.05, 0) is 13.1 Å². The van der Waals surface area contributed by atoms with Crippen molar-refractivity contribution >= 4 is 23.4 Å². The molecular weight excluding hydrogens is 381 g/mol. The highest BCUT2D eigenvalue weighted by atomic mass is 19.4. The predicted molar refractivity (Wildman–Crippen MR) is 94.2 cm³/mol. The van der Waals surface area contributed by atoms with E-state index in [1.165, 1.54) is 12.6 Å². The molecule has 0 unspecified atom stereocenters. The highest BCUT2D eigenvalue weighted by molar-refractivity contribution is 5.89. The molecular formula is C16H19F3N6O3. The fourth-order valence-electron chi connectivity index (χ4n) is 2.46.